The minimum atomic E-state index is -4.52. The van der Waals surface area contributed by atoms with Crippen molar-refractivity contribution in [2.75, 3.05) is 12.0 Å². The van der Waals surface area contributed by atoms with E-state index >= 15 is 0 Å². The lowest BCUT2D eigenvalue weighted by Gasteiger charge is -2.39. The van der Waals surface area contributed by atoms with Crippen molar-refractivity contribution < 1.29 is 32.6 Å². The molecule has 2 aliphatic carbocycles. The van der Waals surface area contributed by atoms with E-state index in [2.05, 4.69) is 6.92 Å². The van der Waals surface area contributed by atoms with Gasteiger partial charge in [0.05, 0.1) is 24.3 Å². The second kappa shape index (κ2) is 9.94. The van der Waals surface area contributed by atoms with Gasteiger partial charge in [-0.15, -0.1) is 11.3 Å². The van der Waals surface area contributed by atoms with Gasteiger partial charge in [-0.3, -0.25) is 4.79 Å². The topological polar surface area (TPSA) is 66.8 Å². The molecule has 1 aromatic rings. The number of anilines is 1. The largest absolute Gasteiger partial charge is 0.465 e. The van der Waals surface area contributed by atoms with E-state index in [1.54, 1.807) is 4.90 Å². The van der Waals surface area contributed by atoms with Gasteiger partial charge >= 0.3 is 12.1 Å². The zero-order valence-electron chi connectivity index (χ0n) is 19.7. The van der Waals surface area contributed by atoms with Gasteiger partial charge in [-0.25, -0.2) is 4.79 Å². The van der Waals surface area contributed by atoms with Crippen LogP contribution in [0.3, 0.4) is 0 Å². The van der Waals surface area contributed by atoms with Crippen molar-refractivity contribution in [2.45, 2.75) is 95.9 Å². The summed E-state index contributed by atoms with van der Waals surface area (Å²) < 4.78 is 46.3. The van der Waals surface area contributed by atoms with Crippen LogP contribution in [-0.2, 0) is 14.9 Å². The second-order valence-corrected chi connectivity index (χ2v) is 11.1. The highest BCUT2D eigenvalue weighted by molar-refractivity contribution is 7.14. The third kappa shape index (κ3) is 5.39. The molecule has 2 fully saturated rings. The number of halogens is 3. The summed E-state index contributed by atoms with van der Waals surface area (Å²) in [4.78, 5) is 28.0. The summed E-state index contributed by atoms with van der Waals surface area (Å²) in [5.41, 5.74) is -1.97. The van der Waals surface area contributed by atoms with E-state index in [0.29, 0.717) is 31.6 Å². The summed E-state index contributed by atoms with van der Waals surface area (Å²) in [5, 5.41) is 9.98. The molecule has 1 heterocycles. The number of carbonyl (C=O) groups is 2. The molecule has 3 rings (SSSR count). The van der Waals surface area contributed by atoms with Crippen molar-refractivity contribution in [3.8, 4) is 0 Å². The number of ether oxygens (including phenoxy) is 1. The number of rotatable bonds is 5. The molecule has 0 unspecified atom stereocenters. The van der Waals surface area contributed by atoms with Gasteiger partial charge < -0.3 is 14.7 Å². The molecule has 0 radical (unpaired) electrons. The third-order valence-corrected chi connectivity index (χ3v) is 8.73. The number of esters is 1. The molecule has 1 N–H and O–H groups in total. The number of hydrogen-bond donors (Lipinski definition) is 1. The first-order chi connectivity index (χ1) is 15.4. The molecule has 186 valence electrons. The number of amides is 1. The fourth-order valence-electron chi connectivity index (χ4n) is 4.76. The second-order valence-electron chi connectivity index (χ2n) is 10.1. The van der Waals surface area contributed by atoms with Gasteiger partial charge in [-0.1, -0.05) is 6.92 Å². The lowest BCUT2D eigenvalue weighted by atomic mass is 9.81. The SMILES string of the molecule is COC(=O)c1sc(C(C)(C)C(F)(F)F)cc1N(C(=O)[C@H]1CC[C@H](C)CC1)[C@H]1CC[C@H](O)CC1. The maximum atomic E-state index is 13.8. The van der Waals surface area contributed by atoms with Gasteiger partial charge in [0.25, 0.3) is 0 Å². The summed E-state index contributed by atoms with van der Waals surface area (Å²) in [6, 6.07) is 1.08. The van der Waals surface area contributed by atoms with Crippen molar-refractivity contribution >= 4 is 28.9 Å². The van der Waals surface area contributed by atoms with Gasteiger partial charge in [0.2, 0.25) is 5.91 Å². The standard InChI is InChI=1S/C24H34F3NO4S/c1-14-5-7-15(8-6-14)21(30)28(16-9-11-17(29)12-10-16)18-13-19(23(2,3)24(25,26)27)33-20(18)22(31)32-4/h13-17,29H,5-12H2,1-4H3/t14-,15-,16-,17-. The number of hydrogen-bond acceptors (Lipinski definition) is 5. The predicted molar refractivity (Wildman–Crippen MR) is 122 cm³/mol. The molecule has 1 aromatic heterocycles. The molecule has 9 heteroatoms. The molecule has 2 saturated carbocycles. The number of methoxy groups -OCH3 is 1. The fourth-order valence-corrected chi connectivity index (χ4v) is 5.95. The lowest BCUT2D eigenvalue weighted by molar-refractivity contribution is -0.179. The maximum Gasteiger partial charge on any atom is 0.398 e. The number of carbonyl (C=O) groups excluding carboxylic acids is 2. The van der Waals surface area contributed by atoms with Crippen LogP contribution >= 0.6 is 11.3 Å². The van der Waals surface area contributed by atoms with Crippen molar-refractivity contribution in [3.63, 3.8) is 0 Å². The van der Waals surface area contributed by atoms with Gasteiger partial charge in [0.1, 0.15) is 4.88 Å². The van der Waals surface area contributed by atoms with E-state index in [-0.39, 0.29) is 33.3 Å². The van der Waals surface area contributed by atoms with Crippen LogP contribution in [0.15, 0.2) is 6.07 Å². The first kappa shape index (κ1) is 26.0. The first-order valence-corrected chi connectivity index (χ1v) is 12.5. The van der Waals surface area contributed by atoms with Gasteiger partial charge in [-0.05, 0) is 77.2 Å². The summed E-state index contributed by atoms with van der Waals surface area (Å²) in [6.07, 6.45) is 0.413. The average molecular weight is 490 g/mol. The summed E-state index contributed by atoms with van der Waals surface area (Å²) in [7, 11) is 1.19. The van der Waals surface area contributed by atoms with E-state index in [0.717, 1.165) is 50.9 Å². The monoisotopic (exact) mass is 489 g/mol. The number of aliphatic hydroxyl groups is 1. The lowest BCUT2D eigenvalue weighted by Crippen LogP contribution is -2.47. The predicted octanol–water partition coefficient (Wildman–Crippen LogP) is 5.84. The molecular formula is C24H34F3NO4S. The van der Waals surface area contributed by atoms with Crippen molar-refractivity contribution in [3.05, 3.63) is 15.8 Å². The van der Waals surface area contributed by atoms with E-state index in [1.807, 2.05) is 0 Å². The van der Waals surface area contributed by atoms with Crippen LogP contribution in [0.25, 0.3) is 0 Å². The Morgan fingerprint density at radius 2 is 1.64 bits per heavy atom. The van der Waals surface area contributed by atoms with Crippen LogP contribution in [-0.4, -0.2) is 42.4 Å². The quantitative estimate of drug-likeness (QED) is 0.528. The number of nitrogens with zero attached hydrogens (tertiary/aromatic N) is 1. The van der Waals surface area contributed by atoms with E-state index < -0.39 is 23.7 Å². The molecule has 2 aliphatic rings. The Labute approximate surface area is 197 Å². The number of thiophene rings is 1. The number of alkyl halides is 3. The molecule has 0 saturated heterocycles. The van der Waals surface area contributed by atoms with Crippen LogP contribution in [0, 0.1) is 11.8 Å². The van der Waals surface area contributed by atoms with E-state index in [9.17, 15) is 27.9 Å². The average Bonchev–Trinajstić information content (AvgIpc) is 3.20. The van der Waals surface area contributed by atoms with E-state index in [4.69, 9.17) is 4.74 Å². The Kier molecular flexibility index (Phi) is 7.83. The van der Waals surface area contributed by atoms with Crippen molar-refractivity contribution in [1.82, 2.24) is 0 Å². The molecular weight excluding hydrogens is 455 g/mol. The summed E-state index contributed by atoms with van der Waals surface area (Å²) >= 11 is 0.746. The normalized spacial score (nSPS) is 26.7. The molecule has 0 spiro atoms. The molecule has 0 aliphatic heterocycles. The first-order valence-electron chi connectivity index (χ1n) is 11.7. The third-order valence-electron chi connectivity index (χ3n) is 7.30. The molecule has 33 heavy (non-hydrogen) atoms. The maximum absolute atomic E-state index is 13.8. The summed E-state index contributed by atoms with van der Waals surface area (Å²) in [6.45, 7) is 4.31. The molecule has 0 aromatic carbocycles. The summed E-state index contributed by atoms with van der Waals surface area (Å²) in [5.74, 6) is -0.566. The highest BCUT2D eigenvalue weighted by Gasteiger charge is 2.50. The van der Waals surface area contributed by atoms with Crippen molar-refractivity contribution in [2.24, 2.45) is 11.8 Å². The van der Waals surface area contributed by atoms with Crippen molar-refractivity contribution in [1.29, 1.82) is 0 Å². The van der Waals surface area contributed by atoms with Crippen LogP contribution in [0.5, 0.6) is 0 Å². The van der Waals surface area contributed by atoms with Crippen LogP contribution < -0.4 is 4.90 Å². The van der Waals surface area contributed by atoms with E-state index in [1.165, 1.54) is 13.2 Å². The van der Waals surface area contributed by atoms with Gasteiger partial charge in [0, 0.05) is 16.8 Å². The Bertz CT molecular complexity index is 850. The number of aliphatic hydroxyl groups excluding tert-OH is 1. The highest BCUT2D eigenvalue weighted by atomic mass is 32.1. The molecule has 1 amide bonds. The highest BCUT2D eigenvalue weighted by Crippen LogP contribution is 2.47. The molecule has 5 nitrogen and oxygen atoms in total. The minimum Gasteiger partial charge on any atom is -0.465 e. The van der Waals surface area contributed by atoms with Crippen LogP contribution in [0.2, 0.25) is 0 Å². The fraction of sp³-hybridized carbons (Fsp3) is 0.750. The molecule has 0 atom stereocenters. The Hall–Kier alpha value is -1.61. The van der Waals surface area contributed by atoms with Crippen LogP contribution in [0.1, 0.15) is 86.7 Å². The zero-order valence-corrected chi connectivity index (χ0v) is 20.5. The molecule has 0 bridgehead atoms. The Balaban J connectivity index is 2.08. The van der Waals surface area contributed by atoms with Gasteiger partial charge in [0.15, 0.2) is 0 Å². The zero-order chi connectivity index (χ0) is 24.6. The van der Waals surface area contributed by atoms with Crippen LogP contribution in [0.4, 0.5) is 18.9 Å². The Morgan fingerprint density at radius 3 is 2.15 bits per heavy atom. The van der Waals surface area contributed by atoms with Gasteiger partial charge in [-0.2, -0.15) is 13.2 Å². The smallest absolute Gasteiger partial charge is 0.398 e. The minimum absolute atomic E-state index is 0.0217. The Morgan fingerprint density at radius 1 is 1.06 bits per heavy atom.